The lowest BCUT2D eigenvalue weighted by Gasteiger charge is -2.29. The van der Waals surface area contributed by atoms with Gasteiger partial charge in [-0.25, -0.2) is 9.59 Å². The third kappa shape index (κ3) is 4.23. The Kier molecular flexibility index (Phi) is 5.17. The van der Waals surface area contributed by atoms with Crippen LogP contribution < -0.4 is 5.32 Å². The second-order valence-corrected chi connectivity index (χ2v) is 4.38. The lowest BCUT2D eigenvalue weighted by atomic mass is 9.99. The van der Waals surface area contributed by atoms with Crippen LogP contribution in [-0.2, 0) is 9.53 Å². The summed E-state index contributed by atoms with van der Waals surface area (Å²) in [6, 6.07) is -1.20. The first-order chi connectivity index (χ1) is 9.20. The zero-order chi connectivity index (χ0) is 15.4. The predicted octanol–water partition coefficient (Wildman–Crippen LogP) is -0.204. The van der Waals surface area contributed by atoms with Crippen LogP contribution in [0.15, 0.2) is 0 Å². The van der Waals surface area contributed by atoms with Crippen molar-refractivity contribution in [1.29, 1.82) is 0 Å². The number of urea groups is 1. The number of carbonyl (C=O) groups is 2. The maximum absolute atomic E-state index is 12.3. The minimum Gasteiger partial charge on any atom is -0.479 e. The molecule has 1 aliphatic rings. The second kappa shape index (κ2) is 6.27. The zero-order valence-corrected chi connectivity index (χ0v) is 10.4. The van der Waals surface area contributed by atoms with Gasteiger partial charge < -0.3 is 25.2 Å². The van der Waals surface area contributed by atoms with Crippen molar-refractivity contribution in [3.63, 3.8) is 0 Å². The molecule has 1 rings (SSSR count). The fourth-order valence-electron chi connectivity index (χ4n) is 1.76. The molecule has 7 nitrogen and oxygen atoms in total. The van der Waals surface area contributed by atoms with E-state index in [0.29, 0.717) is 4.90 Å². The first kappa shape index (κ1) is 16.5. The Morgan fingerprint density at radius 3 is 2.45 bits per heavy atom. The number of aliphatic hydroxyl groups excluding tert-OH is 1. The van der Waals surface area contributed by atoms with E-state index in [1.807, 2.05) is 0 Å². The largest absolute Gasteiger partial charge is 0.479 e. The highest BCUT2D eigenvalue weighted by atomic mass is 19.4. The Hall–Kier alpha value is -1.55. The molecule has 20 heavy (non-hydrogen) atoms. The fourth-order valence-corrected chi connectivity index (χ4v) is 1.76. The van der Waals surface area contributed by atoms with Gasteiger partial charge in [-0.2, -0.15) is 13.2 Å². The van der Waals surface area contributed by atoms with Gasteiger partial charge in [0.15, 0.2) is 5.54 Å². The number of aliphatic carboxylic acids is 1. The lowest BCUT2D eigenvalue weighted by molar-refractivity contribution is -0.145. The number of ether oxygens (including phenoxy) is 1. The molecule has 1 atom stereocenters. The van der Waals surface area contributed by atoms with E-state index in [-0.39, 0.29) is 19.6 Å². The molecule has 0 aliphatic carbocycles. The summed E-state index contributed by atoms with van der Waals surface area (Å²) in [6.07, 6.45) is -4.68. The molecule has 0 spiro atoms. The van der Waals surface area contributed by atoms with Crippen molar-refractivity contribution >= 4 is 12.0 Å². The summed E-state index contributed by atoms with van der Waals surface area (Å²) < 4.78 is 41.8. The molecule has 0 aromatic rings. The Bertz CT molecular complexity index is 368. The van der Waals surface area contributed by atoms with Gasteiger partial charge >= 0.3 is 18.2 Å². The van der Waals surface area contributed by atoms with Crippen LogP contribution in [0.1, 0.15) is 6.42 Å². The molecule has 0 aromatic heterocycles. The molecule has 0 saturated carbocycles. The monoisotopic (exact) mass is 300 g/mol. The van der Waals surface area contributed by atoms with Crippen molar-refractivity contribution in [2.45, 2.75) is 18.1 Å². The Morgan fingerprint density at radius 2 is 2.05 bits per heavy atom. The van der Waals surface area contributed by atoms with Gasteiger partial charge in [-0.1, -0.05) is 0 Å². The number of rotatable bonds is 5. The Morgan fingerprint density at radius 1 is 1.40 bits per heavy atom. The van der Waals surface area contributed by atoms with E-state index in [9.17, 15) is 22.8 Å². The van der Waals surface area contributed by atoms with E-state index in [1.54, 1.807) is 0 Å². The lowest BCUT2D eigenvalue weighted by Crippen LogP contribution is -2.59. The Labute approximate surface area is 112 Å². The van der Waals surface area contributed by atoms with E-state index < -0.39 is 43.4 Å². The van der Waals surface area contributed by atoms with Gasteiger partial charge in [-0.3, -0.25) is 0 Å². The average Bonchev–Trinajstić information content (AvgIpc) is 2.76. The molecule has 1 aliphatic heterocycles. The Balaban J connectivity index is 2.76. The third-order valence-electron chi connectivity index (χ3n) is 2.80. The van der Waals surface area contributed by atoms with Gasteiger partial charge in [0.05, 0.1) is 13.2 Å². The maximum atomic E-state index is 12.3. The highest BCUT2D eigenvalue weighted by Crippen LogP contribution is 2.21. The highest BCUT2D eigenvalue weighted by Gasteiger charge is 2.45. The summed E-state index contributed by atoms with van der Waals surface area (Å²) in [5.41, 5.74) is -1.73. The van der Waals surface area contributed by atoms with Crippen LogP contribution in [-0.4, -0.2) is 71.7 Å². The zero-order valence-electron chi connectivity index (χ0n) is 10.4. The van der Waals surface area contributed by atoms with Crippen molar-refractivity contribution in [2.75, 3.05) is 32.9 Å². The van der Waals surface area contributed by atoms with Crippen molar-refractivity contribution in [3.05, 3.63) is 0 Å². The number of halogens is 3. The van der Waals surface area contributed by atoms with Crippen LogP contribution in [0.5, 0.6) is 0 Å². The first-order valence-electron chi connectivity index (χ1n) is 5.76. The molecule has 116 valence electrons. The van der Waals surface area contributed by atoms with Gasteiger partial charge in [0.1, 0.15) is 6.54 Å². The minimum atomic E-state index is -4.64. The van der Waals surface area contributed by atoms with E-state index >= 15 is 0 Å². The van der Waals surface area contributed by atoms with Crippen LogP contribution in [0.3, 0.4) is 0 Å². The quantitative estimate of drug-likeness (QED) is 0.653. The molecule has 10 heteroatoms. The fraction of sp³-hybridized carbons (Fsp3) is 0.800. The van der Waals surface area contributed by atoms with Crippen LogP contribution in [0.25, 0.3) is 0 Å². The van der Waals surface area contributed by atoms with Crippen LogP contribution in [0, 0.1) is 0 Å². The molecule has 1 unspecified atom stereocenters. The molecule has 0 aromatic carbocycles. The topological polar surface area (TPSA) is 99.1 Å². The number of hydrogen-bond donors (Lipinski definition) is 3. The molecule has 3 N–H and O–H groups in total. The average molecular weight is 300 g/mol. The van der Waals surface area contributed by atoms with Crippen LogP contribution in [0.2, 0.25) is 0 Å². The molecular weight excluding hydrogens is 285 g/mol. The minimum absolute atomic E-state index is 0.0347. The smallest absolute Gasteiger partial charge is 0.406 e. The van der Waals surface area contributed by atoms with Crippen LogP contribution in [0.4, 0.5) is 18.0 Å². The summed E-state index contributed by atoms with van der Waals surface area (Å²) >= 11 is 0. The van der Waals surface area contributed by atoms with Gasteiger partial charge in [0, 0.05) is 19.6 Å². The number of hydrogen-bond acceptors (Lipinski definition) is 4. The molecule has 1 heterocycles. The summed E-state index contributed by atoms with van der Waals surface area (Å²) in [5, 5.41) is 19.8. The first-order valence-corrected chi connectivity index (χ1v) is 5.76. The van der Waals surface area contributed by atoms with E-state index in [2.05, 4.69) is 5.32 Å². The van der Waals surface area contributed by atoms with Crippen molar-refractivity contribution in [1.82, 2.24) is 10.2 Å². The van der Waals surface area contributed by atoms with Gasteiger partial charge in [-0.15, -0.1) is 0 Å². The number of aliphatic hydroxyl groups is 1. The van der Waals surface area contributed by atoms with Crippen molar-refractivity contribution in [2.24, 2.45) is 0 Å². The molecule has 0 bridgehead atoms. The number of carboxylic acid groups (broad SMARTS) is 1. The normalized spacial score (nSPS) is 22.6. The number of carboxylic acids is 1. The van der Waals surface area contributed by atoms with Gasteiger partial charge in [0.25, 0.3) is 0 Å². The molecule has 1 saturated heterocycles. The van der Waals surface area contributed by atoms with Crippen molar-refractivity contribution in [3.8, 4) is 0 Å². The summed E-state index contributed by atoms with van der Waals surface area (Å²) in [5.74, 6) is -1.38. The summed E-state index contributed by atoms with van der Waals surface area (Å²) in [6.45, 7) is -3.02. The molecule has 0 radical (unpaired) electrons. The van der Waals surface area contributed by atoms with Gasteiger partial charge in [0.2, 0.25) is 0 Å². The SMILES string of the molecule is O=C(NC1(C(=O)O)CCOC1)N(CCO)CC(F)(F)F. The van der Waals surface area contributed by atoms with E-state index in [0.717, 1.165) is 0 Å². The summed E-state index contributed by atoms with van der Waals surface area (Å²) in [7, 11) is 0. The number of nitrogens with one attached hydrogen (secondary N) is 1. The third-order valence-corrected chi connectivity index (χ3v) is 2.80. The highest BCUT2D eigenvalue weighted by molar-refractivity contribution is 5.86. The maximum Gasteiger partial charge on any atom is 0.406 e. The standard InChI is InChI=1S/C10H15F3N2O5/c11-10(12,13)5-15(2-3-16)8(19)14-9(7(17)18)1-4-20-6-9/h16H,1-6H2,(H,14,19)(H,17,18). The summed E-state index contributed by atoms with van der Waals surface area (Å²) in [4.78, 5) is 23.2. The number of amides is 2. The van der Waals surface area contributed by atoms with Gasteiger partial charge in [-0.05, 0) is 0 Å². The van der Waals surface area contributed by atoms with E-state index in [1.165, 1.54) is 0 Å². The second-order valence-electron chi connectivity index (χ2n) is 4.38. The predicted molar refractivity (Wildman–Crippen MR) is 59.0 cm³/mol. The van der Waals surface area contributed by atoms with Crippen LogP contribution >= 0.6 is 0 Å². The molecule has 1 fully saturated rings. The molecular formula is C10H15F3N2O5. The van der Waals surface area contributed by atoms with Crippen molar-refractivity contribution < 1.29 is 37.7 Å². The number of carbonyl (C=O) groups excluding carboxylic acids is 1. The number of nitrogens with zero attached hydrogens (tertiary/aromatic N) is 1. The molecule has 2 amide bonds. The van der Waals surface area contributed by atoms with E-state index in [4.69, 9.17) is 14.9 Å². The number of alkyl halides is 3.